The van der Waals surface area contributed by atoms with Gasteiger partial charge in [0, 0.05) is 6.54 Å². The SMILES string of the molecule is CCC1COC(C)CN1C(C)=N. The number of nitrogens with one attached hydrogen (secondary N) is 1. The second kappa shape index (κ2) is 3.90. The maximum absolute atomic E-state index is 7.58. The Morgan fingerprint density at radius 3 is 2.83 bits per heavy atom. The molecule has 3 nitrogen and oxygen atoms in total. The number of amidine groups is 1. The number of morpholine rings is 1. The van der Waals surface area contributed by atoms with Crippen LogP contribution < -0.4 is 0 Å². The lowest BCUT2D eigenvalue weighted by atomic mass is 10.1. The lowest BCUT2D eigenvalue weighted by molar-refractivity contribution is -0.0289. The van der Waals surface area contributed by atoms with Crippen LogP contribution in [-0.2, 0) is 4.74 Å². The molecule has 1 N–H and O–H groups in total. The van der Waals surface area contributed by atoms with Gasteiger partial charge in [-0.3, -0.25) is 5.41 Å². The summed E-state index contributed by atoms with van der Waals surface area (Å²) in [5.41, 5.74) is 0. The number of hydrogen-bond donors (Lipinski definition) is 1. The molecule has 1 rings (SSSR count). The third kappa shape index (κ3) is 1.97. The van der Waals surface area contributed by atoms with E-state index in [1.807, 2.05) is 6.92 Å². The van der Waals surface area contributed by atoms with Gasteiger partial charge >= 0.3 is 0 Å². The average Bonchev–Trinajstić information content (AvgIpc) is 2.04. The summed E-state index contributed by atoms with van der Waals surface area (Å²) in [6, 6.07) is 0.415. The summed E-state index contributed by atoms with van der Waals surface area (Å²) in [6.07, 6.45) is 1.33. The van der Waals surface area contributed by atoms with Crippen LogP contribution in [0.3, 0.4) is 0 Å². The van der Waals surface area contributed by atoms with E-state index in [0.717, 1.165) is 19.6 Å². The molecule has 0 spiro atoms. The Kier molecular flexibility index (Phi) is 3.09. The molecule has 0 aromatic rings. The van der Waals surface area contributed by atoms with E-state index >= 15 is 0 Å². The van der Waals surface area contributed by atoms with Crippen LogP contribution in [0.2, 0.25) is 0 Å². The van der Waals surface area contributed by atoms with Crippen LogP contribution in [0.5, 0.6) is 0 Å². The van der Waals surface area contributed by atoms with E-state index in [1.165, 1.54) is 0 Å². The molecule has 12 heavy (non-hydrogen) atoms. The molecule has 1 saturated heterocycles. The van der Waals surface area contributed by atoms with Crippen LogP contribution in [0, 0.1) is 5.41 Å². The minimum atomic E-state index is 0.271. The van der Waals surface area contributed by atoms with Crippen LogP contribution in [-0.4, -0.2) is 36.0 Å². The van der Waals surface area contributed by atoms with Crippen LogP contribution in [0.4, 0.5) is 0 Å². The molecule has 1 aliphatic rings. The highest BCUT2D eigenvalue weighted by molar-refractivity contribution is 5.76. The highest BCUT2D eigenvalue weighted by Crippen LogP contribution is 2.14. The van der Waals surface area contributed by atoms with Crippen molar-refractivity contribution in [2.24, 2.45) is 0 Å². The van der Waals surface area contributed by atoms with Gasteiger partial charge in [0.25, 0.3) is 0 Å². The zero-order valence-corrected chi connectivity index (χ0v) is 8.13. The fourth-order valence-electron chi connectivity index (χ4n) is 1.59. The second-order valence-electron chi connectivity index (χ2n) is 3.44. The molecule has 70 valence electrons. The highest BCUT2D eigenvalue weighted by atomic mass is 16.5. The van der Waals surface area contributed by atoms with Gasteiger partial charge in [0.2, 0.25) is 0 Å². The predicted molar refractivity (Wildman–Crippen MR) is 49.6 cm³/mol. The average molecular weight is 170 g/mol. The van der Waals surface area contributed by atoms with Crippen molar-refractivity contribution in [3.05, 3.63) is 0 Å². The van der Waals surface area contributed by atoms with E-state index in [2.05, 4.69) is 18.7 Å². The van der Waals surface area contributed by atoms with Crippen molar-refractivity contribution >= 4 is 5.84 Å². The van der Waals surface area contributed by atoms with Crippen LogP contribution in [0.15, 0.2) is 0 Å². The minimum Gasteiger partial charge on any atom is -0.375 e. The maximum atomic E-state index is 7.58. The van der Waals surface area contributed by atoms with E-state index in [4.69, 9.17) is 10.1 Å². The molecule has 0 aromatic carbocycles. The Labute approximate surface area is 74.2 Å². The van der Waals surface area contributed by atoms with E-state index in [-0.39, 0.29) is 6.10 Å². The Morgan fingerprint density at radius 2 is 2.33 bits per heavy atom. The van der Waals surface area contributed by atoms with Crippen molar-refractivity contribution < 1.29 is 4.74 Å². The molecule has 1 heterocycles. The van der Waals surface area contributed by atoms with Crippen molar-refractivity contribution in [2.75, 3.05) is 13.2 Å². The van der Waals surface area contributed by atoms with Crippen LogP contribution >= 0.6 is 0 Å². The van der Waals surface area contributed by atoms with Gasteiger partial charge in [0.05, 0.1) is 24.6 Å². The molecule has 0 bridgehead atoms. The molecule has 0 radical (unpaired) electrons. The summed E-state index contributed by atoms with van der Waals surface area (Å²) in [5, 5.41) is 7.58. The monoisotopic (exact) mass is 170 g/mol. The first kappa shape index (κ1) is 9.52. The number of ether oxygens (including phenoxy) is 1. The first-order chi connectivity index (χ1) is 5.65. The summed E-state index contributed by atoms with van der Waals surface area (Å²) in [5.74, 6) is 0.664. The summed E-state index contributed by atoms with van der Waals surface area (Å²) in [7, 11) is 0. The Balaban J connectivity index is 2.58. The Hall–Kier alpha value is -0.570. The Bertz CT molecular complexity index is 170. The zero-order valence-electron chi connectivity index (χ0n) is 8.13. The van der Waals surface area contributed by atoms with Crippen LogP contribution in [0.1, 0.15) is 27.2 Å². The molecular formula is C9H18N2O. The summed E-state index contributed by atoms with van der Waals surface area (Å²) in [6.45, 7) is 7.68. The van der Waals surface area contributed by atoms with Crippen molar-refractivity contribution in [3.8, 4) is 0 Å². The van der Waals surface area contributed by atoms with Crippen molar-refractivity contribution in [1.82, 2.24) is 4.90 Å². The predicted octanol–water partition coefficient (Wildman–Crippen LogP) is 1.48. The molecule has 2 atom stereocenters. The molecule has 1 fully saturated rings. The fourth-order valence-corrected chi connectivity index (χ4v) is 1.59. The topological polar surface area (TPSA) is 36.3 Å². The molecule has 0 saturated carbocycles. The smallest absolute Gasteiger partial charge is 0.0930 e. The van der Waals surface area contributed by atoms with Crippen molar-refractivity contribution in [1.29, 1.82) is 5.41 Å². The van der Waals surface area contributed by atoms with Gasteiger partial charge in [-0.2, -0.15) is 0 Å². The summed E-state index contributed by atoms with van der Waals surface area (Å²) in [4.78, 5) is 2.13. The fraction of sp³-hybridized carbons (Fsp3) is 0.889. The van der Waals surface area contributed by atoms with Gasteiger partial charge in [-0.25, -0.2) is 0 Å². The summed E-state index contributed by atoms with van der Waals surface area (Å²) >= 11 is 0. The third-order valence-corrected chi connectivity index (χ3v) is 2.37. The normalized spacial score (nSPS) is 30.4. The van der Waals surface area contributed by atoms with E-state index in [1.54, 1.807) is 0 Å². The number of hydrogen-bond acceptors (Lipinski definition) is 2. The molecule has 1 aliphatic heterocycles. The van der Waals surface area contributed by atoms with Gasteiger partial charge in [-0.15, -0.1) is 0 Å². The molecule has 0 aromatic heterocycles. The van der Waals surface area contributed by atoms with Gasteiger partial charge in [-0.1, -0.05) is 6.92 Å². The van der Waals surface area contributed by atoms with Crippen LogP contribution in [0.25, 0.3) is 0 Å². The lowest BCUT2D eigenvalue weighted by Crippen LogP contribution is -2.50. The van der Waals surface area contributed by atoms with Gasteiger partial charge < -0.3 is 9.64 Å². The number of rotatable bonds is 1. The first-order valence-electron chi connectivity index (χ1n) is 4.58. The zero-order chi connectivity index (χ0) is 9.14. The lowest BCUT2D eigenvalue weighted by Gasteiger charge is -2.39. The quantitative estimate of drug-likeness (QED) is 0.478. The van der Waals surface area contributed by atoms with E-state index in [9.17, 15) is 0 Å². The molecule has 3 heteroatoms. The molecule has 2 unspecified atom stereocenters. The van der Waals surface area contributed by atoms with Crippen molar-refractivity contribution in [3.63, 3.8) is 0 Å². The third-order valence-electron chi connectivity index (χ3n) is 2.37. The second-order valence-corrected chi connectivity index (χ2v) is 3.44. The molecule has 0 aliphatic carbocycles. The molecular weight excluding hydrogens is 152 g/mol. The first-order valence-corrected chi connectivity index (χ1v) is 4.58. The molecule has 0 amide bonds. The van der Waals surface area contributed by atoms with E-state index in [0.29, 0.717) is 11.9 Å². The largest absolute Gasteiger partial charge is 0.375 e. The standard InChI is InChI=1S/C9H18N2O/c1-4-9-6-12-7(2)5-11(9)8(3)10/h7,9-10H,4-6H2,1-3H3. The van der Waals surface area contributed by atoms with Gasteiger partial charge in [0.15, 0.2) is 0 Å². The number of nitrogens with zero attached hydrogens (tertiary/aromatic N) is 1. The van der Waals surface area contributed by atoms with Gasteiger partial charge in [-0.05, 0) is 20.3 Å². The highest BCUT2D eigenvalue weighted by Gasteiger charge is 2.25. The minimum absolute atomic E-state index is 0.271. The summed E-state index contributed by atoms with van der Waals surface area (Å²) < 4.78 is 5.52. The van der Waals surface area contributed by atoms with Gasteiger partial charge in [0.1, 0.15) is 0 Å². The van der Waals surface area contributed by atoms with Crippen molar-refractivity contribution in [2.45, 2.75) is 39.3 Å². The maximum Gasteiger partial charge on any atom is 0.0930 e. The Morgan fingerprint density at radius 1 is 1.67 bits per heavy atom. The van der Waals surface area contributed by atoms with E-state index < -0.39 is 0 Å².